The molecular weight excluding hydrogens is 568 g/mol. The number of nitrogens with zero attached hydrogens (tertiary/aromatic N) is 1. The van der Waals surface area contributed by atoms with Gasteiger partial charge in [-0.1, -0.05) is 61.5 Å². The zero-order chi connectivity index (χ0) is 31.5. The quantitative estimate of drug-likeness (QED) is 0.200. The van der Waals surface area contributed by atoms with Crippen LogP contribution < -0.4 is 10.6 Å². The molecule has 0 aliphatic carbocycles. The highest BCUT2D eigenvalue weighted by Crippen LogP contribution is 2.32. The van der Waals surface area contributed by atoms with Crippen LogP contribution in [0.25, 0.3) is 5.57 Å². The summed E-state index contributed by atoms with van der Waals surface area (Å²) in [7, 11) is 1.28. The molecule has 3 aromatic carbocycles. The second-order valence-electron chi connectivity index (χ2n) is 9.90. The summed E-state index contributed by atoms with van der Waals surface area (Å²) in [5, 5.41) is 5.59. The lowest BCUT2D eigenvalue weighted by Crippen LogP contribution is -2.31. The maximum atomic E-state index is 13.6. The van der Waals surface area contributed by atoms with Gasteiger partial charge in [0, 0.05) is 25.0 Å². The molecule has 4 aromatic rings. The van der Waals surface area contributed by atoms with E-state index < -0.39 is 41.6 Å². The molecule has 0 bridgehead atoms. The molecule has 226 valence electrons. The zero-order valence-corrected chi connectivity index (χ0v) is 24.1. The third-order valence-corrected chi connectivity index (χ3v) is 6.68. The van der Waals surface area contributed by atoms with Crippen LogP contribution >= 0.6 is 0 Å². The van der Waals surface area contributed by atoms with Crippen molar-refractivity contribution < 1.29 is 32.6 Å². The van der Waals surface area contributed by atoms with Gasteiger partial charge in [0.25, 0.3) is 0 Å². The molecule has 0 aliphatic rings. The first-order chi connectivity index (χ1) is 21.2. The molecule has 0 fully saturated rings. The SMILES string of the molecule is COC(=O)c1ccc(C(NC(=O)OCc2ccccc2)/C(=C/[C@@H](C)C(=O)NCc2cc(F)cc(F)c2)c2cccnc2)cc1. The Balaban J connectivity index is 1.65. The van der Waals surface area contributed by atoms with Gasteiger partial charge in [-0.25, -0.2) is 18.4 Å². The fourth-order valence-electron chi connectivity index (χ4n) is 4.45. The number of hydrogen-bond donors (Lipinski definition) is 2. The third-order valence-electron chi connectivity index (χ3n) is 6.68. The smallest absolute Gasteiger partial charge is 0.408 e. The van der Waals surface area contributed by atoms with Gasteiger partial charge in [-0.3, -0.25) is 9.78 Å². The molecule has 0 spiro atoms. The number of aromatic nitrogens is 1. The van der Waals surface area contributed by atoms with E-state index in [-0.39, 0.29) is 18.7 Å². The van der Waals surface area contributed by atoms with Crippen molar-refractivity contribution in [3.8, 4) is 0 Å². The van der Waals surface area contributed by atoms with Crippen LogP contribution in [0.1, 0.15) is 45.6 Å². The van der Waals surface area contributed by atoms with E-state index in [0.717, 1.165) is 23.8 Å². The molecule has 1 aromatic heterocycles. The molecule has 44 heavy (non-hydrogen) atoms. The summed E-state index contributed by atoms with van der Waals surface area (Å²) < 4.78 is 37.6. The van der Waals surface area contributed by atoms with Crippen molar-refractivity contribution in [3.63, 3.8) is 0 Å². The summed E-state index contributed by atoms with van der Waals surface area (Å²) in [5.74, 6) is -3.17. The van der Waals surface area contributed by atoms with Crippen LogP contribution in [0.4, 0.5) is 13.6 Å². The summed E-state index contributed by atoms with van der Waals surface area (Å²) in [5.41, 5.74) is 3.12. The molecule has 0 saturated heterocycles. The first-order valence-corrected chi connectivity index (χ1v) is 13.7. The first kappa shape index (κ1) is 31.6. The maximum Gasteiger partial charge on any atom is 0.408 e. The van der Waals surface area contributed by atoms with Crippen LogP contribution in [0.5, 0.6) is 0 Å². The number of carbonyl (C=O) groups is 3. The first-order valence-electron chi connectivity index (χ1n) is 13.7. The predicted octanol–water partition coefficient (Wildman–Crippen LogP) is 6.15. The van der Waals surface area contributed by atoms with Crippen LogP contribution in [-0.4, -0.2) is 30.1 Å². The topological polar surface area (TPSA) is 107 Å². The number of methoxy groups -OCH3 is 1. The molecule has 2 amide bonds. The normalized spacial score (nSPS) is 12.5. The number of nitrogens with one attached hydrogen (secondary N) is 2. The minimum Gasteiger partial charge on any atom is -0.465 e. The molecule has 2 N–H and O–H groups in total. The number of benzene rings is 3. The lowest BCUT2D eigenvalue weighted by atomic mass is 9.90. The van der Waals surface area contributed by atoms with Gasteiger partial charge >= 0.3 is 12.1 Å². The van der Waals surface area contributed by atoms with Crippen molar-refractivity contribution in [3.05, 3.63) is 143 Å². The molecule has 0 radical (unpaired) electrons. The largest absolute Gasteiger partial charge is 0.465 e. The van der Waals surface area contributed by atoms with E-state index in [2.05, 4.69) is 15.6 Å². The fourth-order valence-corrected chi connectivity index (χ4v) is 4.45. The molecule has 2 atom stereocenters. The number of carbonyl (C=O) groups excluding carboxylic acids is 3. The van der Waals surface area contributed by atoms with Crippen molar-refractivity contribution in [2.75, 3.05) is 7.11 Å². The molecule has 0 aliphatic heterocycles. The van der Waals surface area contributed by atoms with Gasteiger partial charge in [-0.2, -0.15) is 0 Å². The van der Waals surface area contributed by atoms with Crippen LogP contribution in [0, 0.1) is 17.6 Å². The highest BCUT2D eigenvalue weighted by molar-refractivity contribution is 5.89. The molecule has 10 heteroatoms. The van der Waals surface area contributed by atoms with Crippen molar-refractivity contribution in [2.24, 2.45) is 5.92 Å². The number of amides is 2. The van der Waals surface area contributed by atoms with E-state index in [1.807, 2.05) is 30.3 Å². The maximum absolute atomic E-state index is 13.6. The number of halogens is 2. The number of esters is 1. The van der Waals surface area contributed by atoms with E-state index in [1.165, 1.54) is 7.11 Å². The predicted molar refractivity (Wildman–Crippen MR) is 160 cm³/mol. The second kappa shape index (κ2) is 15.2. The van der Waals surface area contributed by atoms with Crippen LogP contribution in [0.2, 0.25) is 0 Å². The van der Waals surface area contributed by atoms with Gasteiger partial charge < -0.3 is 20.1 Å². The van der Waals surface area contributed by atoms with Gasteiger partial charge in [0.1, 0.15) is 18.2 Å². The van der Waals surface area contributed by atoms with Gasteiger partial charge in [0.2, 0.25) is 5.91 Å². The van der Waals surface area contributed by atoms with Crippen molar-refractivity contribution in [2.45, 2.75) is 26.1 Å². The number of pyridine rings is 1. The van der Waals surface area contributed by atoms with Gasteiger partial charge in [-0.05, 0) is 58.2 Å². The monoisotopic (exact) mass is 599 g/mol. The summed E-state index contributed by atoms with van der Waals surface area (Å²) >= 11 is 0. The molecule has 4 rings (SSSR count). The highest BCUT2D eigenvalue weighted by Gasteiger charge is 2.24. The molecular formula is C34H31F2N3O5. The number of alkyl carbamates (subject to hydrolysis) is 1. The number of ether oxygens (including phenoxy) is 2. The highest BCUT2D eigenvalue weighted by atomic mass is 19.1. The van der Waals surface area contributed by atoms with Crippen molar-refractivity contribution in [1.29, 1.82) is 0 Å². The Morgan fingerprint density at radius 1 is 0.886 bits per heavy atom. The molecule has 0 saturated carbocycles. The second-order valence-corrected chi connectivity index (χ2v) is 9.90. The average molecular weight is 600 g/mol. The third kappa shape index (κ3) is 8.81. The Bertz CT molecular complexity index is 1590. The van der Waals surface area contributed by atoms with E-state index in [0.29, 0.717) is 22.3 Å². The average Bonchev–Trinajstić information content (AvgIpc) is 3.04. The Morgan fingerprint density at radius 2 is 1.59 bits per heavy atom. The minimum atomic E-state index is -0.832. The standard InChI is InChI=1S/C34H31F2N3O5/c1-22(32(40)38-19-24-16-28(35)18-29(36)17-24)15-30(27-9-6-14-37-20-27)31(25-10-12-26(13-11-25)33(41)43-2)39-34(42)44-21-23-7-4-3-5-8-23/h3-18,20,22,31H,19,21H2,1-2H3,(H,38,40)(H,39,42)/b30-15+/t22-,31?/m1/s1. The minimum absolute atomic E-state index is 0.0338. The molecule has 1 unspecified atom stereocenters. The van der Waals surface area contributed by atoms with Crippen molar-refractivity contribution in [1.82, 2.24) is 15.6 Å². The van der Waals surface area contributed by atoms with Crippen LogP contribution in [0.3, 0.4) is 0 Å². The summed E-state index contributed by atoms with van der Waals surface area (Å²) in [4.78, 5) is 42.5. The zero-order valence-electron chi connectivity index (χ0n) is 24.1. The van der Waals surface area contributed by atoms with Gasteiger partial charge in [0.15, 0.2) is 0 Å². The van der Waals surface area contributed by atoms with E-state index >= 15 is 0 Å². The van der Waals surface area contributed by atoms with Gasteiger partial charge in [0.05, 0.1) is 24.6 Å². The number of rotatable bonds is 11. The van der Waals surface area contributed by atoms with Crippen LogP contribution in [-0.2, 0) is 27.4 Å². The van der Waals surface area contributed by atoms with E-state index in [4.69, 9.17) is 9.47 Å². The van der Waals surface area contributed by atoms with E-state index in [1.54, 1.807) is 61.8 Å². The van der Waals surface area contributed by atoms with Gasteiger partial charge in [-0.15, -0.1) is 0 Å². The van der Waals surface area contributed by atoms with E-state index in [9.17, 15) is 23.2 Å². The van der Waals surface area contributed by atoms with Crippen LogP contribution in [0.15, 0.2) is 103 Å². The number of hydrogen-bond acceptors (Lipinski definition) is 6. The Morgan fingerprint density at radius 3 is 2.23 bits per heavy atom. The molecule has 8 nitrogen and oxygen atoms in total. The summed E-state index contributed by atoms with van der Waals surface area (Å²) in [6.07, 6.45) is 4.15. The Kier molecular flexibility index (Phi) is 10.9. The Hall–Kier alpha value is -5.38. The Labute approximate surface area is 253 Å². The molecule has 1 heterocycles. The lowest BCUT2D eigenvalue weighted by molar-refractivity contribution is -0.123. The summed E-state index contributed by atoms with van der Waals surface area (Å²) in [6.45, 7) is 1.60. The lowest BCUT2D eigenvalue weighted by Gasteiger charge is -2.24. The summed E-state index contributed by atoms with van der Waals surface area (Å²) in [6, 6.07) is 21.4. The van der Waals surface area contributed by atoms with Crippen molar-refractivity contribution >= 4 is 23.5 Å². The fraction of sp³-hybridized carbons (Fsp3) is 0.176.